The zero-order chi connectivity index (χ0) is 18.4. The molecule has 0 saturated carbocycles. The van der Waals surface area contributed by atoms with E-state index in [4.69, 9.17) is 9.47 Å². The molecule has 0 unspecified atom stereocenters. The van der Waals surface area contributed by atoms with Gasteiger partial charge in [-0.15, -0.1) is 0 Å². The molecular weight excluding hydrogens is 325 g/mol. The molecule has 25 heavy (non-hydrogen) atoms. The first kappa shape index (κ1) is 19.2. The van der Waals surface area contributed by atoms with Crippen molar-refractivity contribution in [3.8, 4) is 0 Å². The van der Waals surface area contributed by atoms with Crippen LogP contribution in [0.1, 0.15) is 32.8 Å². The van der Waals surface area contributed by atoms with Crippen LogP contribution >= 0.6 is 0 Å². The molecule has 2 rings (SSSR count). The average molecular weight is 351 g/mol. The highest BCUT2D eigenvalue weighted by atomic mass is 19.1. The first-order valence-electron chi connectivity index (χ1n) is 8.59. The number of hydrogen-bond donors (Lipinski definition) is 0. The summed E-state index contributed by atoms with van der Waals surface area (Å²) < 4.78 is 24.8. The van der Waals surface area contributed by atoms with Gasteiger partial charge in [-0.2, -0.15) is 0 Å². The second kappa shape index (κ2) is 8.32. The van der Waals surface area contributed by atoms with Gasteiger partial charge in [-0.1, -0.05) is 30.3 Å². The van der Waals surface area contributed by atoms with Crippen LogP contribution in [-0.2, 0) is 20.7 Å². The topological polar surface area (TPSA) is 55.8 Å². The summed E-state index contributed by atoms with van der Waals surface area (Å²) in [7, 11) is 0. The molecule has 2 atom stereocenters. The van der Waals surface area contributed by atoms with Crippen molar-refractivity contribution in [1.82, 2.24) is 4.90 Å². The molecule has 0 bridgehead atoms. The number of ether oxygens (including phenoxy) is 2. The van der Waals surface area contributed by atoms with Crippen molar-refractivity contribution in [3.05, 3.63) is 35.9 Å². The number of hydrogen-bond acceptors (Lipinski definition) is 4. The van der Waals surface area contributed by atoms with Crippen LogP contribution in [0.25, 0.3) is 0 Å². The zero-order valence-electron chi connectivity index (χ0n) is 15.0. The molecule has 0 aliphatic carbocycles. The van der Waals surface area contributed by atoms with E-state index in [1.165, 1.54) is 4.90 Å². The van der Waals surface area contributed by atoms with Crippen LogP contribution in [0.15, 0.2) is 30.3 Å². The molecule has 5 nitrogen and oxygen atoms in total. The third-order valence-corrected chi connectivity index (χ3v) is 3.97. The normalized spacial score (nSPS) is 20.9. The van der Waals surface area contributed by atoms with Crippen LogP contribution in [0.4, 0.5) is 9.18 Å². The van der Waals surface area contributed by atoms with Gasteiger partial charge in [0.15, 0.2) is 0 Å². The number of piperidine rings is 1. The van der Waals surface area contributed by atoms with Gasteiger partial charge in [-0.25, -0.2) is 9.18 Å². The molecular formula is C19H26FNO4. The van der Waals surface area contributed by atoms with E-state index in [1.807, 2.05) is 30.3 Å². The van der Waals surface area contributed by atoms with Crippen LogP contribution in [0, 0.1) is 5.92 Å². The molecule has 1 aromatic carbocycles. The van der Waals surface area contributed by atoms with E-state index in [9.17, 15) is 14.0 Å². The van der Waals surface area contributed by atoms with Crippen molar-refractivity contribution in [2.24, 2.45) is 5.92 Å². The van der Waals surface area contributed by atoms with Gasteiger partial charge in [-0.3, -0.25) is 4.79 Å². The molecule has 0 spiro atoms. The number of carbonyl (C=O) groups excluding carboxylic acids is 2. The Labute approximate surface area is 148 Å². The summed E-state index contributed by atoms with van der Waals surface area (Å²) in [6, 6.07) is 9.65. The van der Waals surface area contributed by atoms with E-state index >= 15 is 0 Å². The number of esters is 1. The number of halogens is 1. The van der Waals surface area contributed by atoms with Crippen molar-refractivity contribution < 1.29 is 23.5 Å². The van der Waals surface area contributed by atoms with Gasteiger partial charge < -0.3 is 14.4 Å². The molecule has 1 saturated heterocycles. The number of alkyl halides is 1. The van der Waals surface area contributed by atoms with Gasteiger partial charge >= 0.3 is 12.1 Å². The smallest absolute Gasteiger partial charge is 0.410 e. The van der Waals surface area contributed by atoms with Crippen molar-refractivity contribution in [1.29, 1.82) is 0 Å². The molecule has 1 aromatic rings. The fourth-order valence-corrected chi connectivity index (χ4v) is 2.68. The number of amides is 1. The van der Waals surface area contributed by atoms with Gasteiger partial charge in [0.05, 0.1) is 19.1 Å². The number of nitrogens with zero attached hydrogens (tertiary/aromatic N) is 1. The Bertz CT molecular complexity index is 585. The number of carbonyl (C=O) groups is 2. The summed E-state index contributed by atoms with van der Waals surface area (Å²) in [5, 5.41) is 0. The molecule has 1 aliphatic rings. The highest BCUT2D eigenvalue weighted by Crippen LogP contribution is 2.23. The number of benzene rings is 1. The Kier molecular flexibility index (Phi) is 6.39. The molecule has 1 amide bonds. The summed E-state index contributed by atoms with van der Waals surface area (Å²) in [4.78, 5) is 25.4. The quantitative estimate of drug-likeness (QED) is 0.781. The first-order chi connectivity index (χ1) is 11.8. The SMILES string of the molecule is CC(C)(C)OC(=O)N1CC[C@H](C(=O)OCCc2ccccc2)[C@H](F)C1. The lowest BCUT2D eigenvalue weighted by atomic mass is 9.95. The fourth-order valence-electron chi connectivity index (χ4n) is 2.68. The second-order valence-corrected chi connectivity index (χ2v) is 7.24. The molecule has 1 fully saturated rings. The van der Waals surface area contributed by atoms with Gasteiger partial charge in [0.1, 0.15) is 11.8 Å². The van der Waals surface area contributed by atoms with Crippen LogP contribution in [0.2, 0.25) is 0 Å². The zero-order valence-corrected chi connectivity index (χ0v) is 15.0. The molecule has 0 radical (unpaired) electrons. The molecule has 0 aromatic heterocycles. The largest absolute Gasteiger partial charge is 0.465 e. The van der Waals surface area contributed by atoms with E-state index in [0.717, 1.165) is 5.56 Å². The maximum atomic E-state index is 14.3. The monoisotopic (exact) mass is 351 g/mol. The highest BCUT2D eigenvalue weighted by molar-refractivity contribution is 5.74. The molecule has 138 valence electrons. The van der Waals surface area contributed by atoms with Gasteiger partial charge in [0, 0.05) is 13.0 Å². The van der Waals surface area contributed by atoms with E-state index in [-0.39, 0.29) is 26.1 Å². The van der Waals surface area contributed by atoms with Crippen LogP contribution in [0.3, 0.4) is 0 Å². The predicted molar refractivity (Wildman–Crippen MR) is 91.9 cm³/mol. The van der Waals surface area contributed by atoms with Gasteiger partial charge in [0.25, 0.3) is 0 Å². The summed E-state index contributed by atoms with van der Waals surface area (Å²) in [6.07, 6.45) is -1.15. The van der Waals surface area contributed by atoms with Crippen LogP contribution in [0.5, 0.6) is 0 Å². The van der Waals surface area contributed by atoms with Crippen LogP contribution in [-0.4, -0.2) is 48.4 Å². The van der Waals surface area contributed by atoms with Gasteiger partial charge in [-0.05, 0) is 32.8 Å². The molecule has 0 N–H and O–H groups in total. The third kappa shape index (κ3) is 6.03. The summed E-state index contributed by atoms with van der Waals surface area (Å²) in [6.45, 7) is 5.64. The van der Waals surface area contributed by atoms with E-state index in [1.54, 1.807) is 20.8 Å². The fraction of sp³-hybridized carbons (Fsp3) is 0.579. The third-order valence-electron chi connectivity index (χ3n) is 3.97. The molecule has 1 aliphatic heterocycles. The summed E-state index contributed by atoms with van der Waals surface area (Å²) in [5.41, 5.74) is 0.433. The maximum Gasteiger partial charge on any atom is 0.410 e. The Morgan fingerprint density at radius 1 is 1.24 bits per heavy atom. The standard InChI is InChI=1S/C19H26FNO4/c1-19(2,3)25-18(23)21-11-9-15(16(20)13-21)17(22)24-12-10-14-7-5-4-6-8-14/h4-8,15-16H,9-13H2,1-3H3/t15-,16+/m0/s1. The van der Waals surface area contributed by atoms with Crippen LogP contribution < -0.4 is 0 Å². The van der Waals surface area contributed by atoms with E-state index in [2.05, 4.69) is 0 Å². The Balaban J connectivity index is 1.78. The summed E-state index contributed by atoms with van der Waals surface area (Å²) >= 11 is 0. The van der Waals surface area contributed by atoms with Crippen molar-refractivity contribution in [2.75, 3.05) is 19.7 Å². The Morgan fingerprint density at radius 2 is 1.92 bits per heavy atom. The maximum absolute atomic E-state index is 14.3. The minimum Gasteiger partial charge on any atom is -0.465 e. The Hall–Kier alpha value is -2.11. The van der Waals surface area contributed by atoms with Crippen molar-refractivity contribution in [2.45, 2.75) is 45.4 Å². The van der Waals surface area contributed by atoms with Crippen molar-refractivity contribution in [3.63, 3.8) is 0 Å². The lowest BCUT2D eigenvalue weighted by Gasteiger charge is -2.34. The van der Waals surface area contributed by atoms with Crippen molar-refractivity contribution >= 4 is 12.1 Å². The van der Waals surface area contributed by atoms with E-state index in [0.29, 0.717) is 6.42 Å². The van der Waals surface area contributed by atoms with Gasteiger partial charge in [0.2, 0.25) is 0 Å². The highest BCUT2D eigenvalue weighted by Gasteiger charge is 2.38. The number of rotatable bonds is 4. The molecule has 6 heteroatoms. The number of likely N-dealkylation sites (tertiary alicyclic amines) is 1. The predicted octanol–water partition coefficient (Wildman–Crippen LogP) is 3.37. The van der Waals surface area contributed by atoms with E-state index < -0.39 is 29.8 Å². The summed E-state index contributed by atoms with van der Waals surface area (Å²) in [5.74, 6) is -1.36. The minimum absolute atomic E-state index is 0.145. The lowest BCUT2D eigenvalue weighted by molar-refractivity contribution is -0.153. The second-order valence-electron chi connectivity index (χ2n) is 7.24. The average Bonchev–Trinajstić information content (AvgIpc) is 2.54. The lowest BCUT2D eigenvalue weighted by Crippen LogP contribution is -2.49. The minimum atomic E-state index is -1.44. The Morgan fingerprint density at radius 3 is 2.52 bits per heavy atom. The molecule has 1 heterocycles. The first-order valence-corrected chi connectivity index (χ1v) is 8.59.